The minimum atomic E-state index is -0.836. The Kier molecular flexibility index (Phi) is 8.33. The van der Waals surface area contributed by atoms with Gasteiger partial charge in [-0.15, -0.1) is 0 Å². The molecule has 1 aromatic carbocycles. The normalized spacial score (nSPS) is 31.2. The number of carboxylic acid groups (broad SMARTS) is 1. The summed E-state index contributed by atoms with van der Waals surface area (Å²) in [6.45, 7) is 8.74. The van der Waals surface area contributed by atoms with Gasteiger partial charge in [-0.05, 0) is 89.5 Å². The number of allylic oxidation sites excluding steroid dienone is 1. The fourth-order valence-corrected chi connectivity index (χ4v) is 7.62. The summed E-state index contributed by atoms with van der Waals surface area (Å²) >= 11 is 0. The molecule has 2 bridgehead atoms. The van der Waals surface area contributed by atoms with Crippen LogP contribution >= 0.6 is 0 Å². The topological polar surface area (TPSA) is 114 Å². The largest absolute Gasteiger partial charge is 0.496 e. The zero-order valence-corrected chi connectivity index (χ0v) is 25.5. The van der Waals surface area contributed by atoms with E-state index in [1.54, 1.807) is 6.92 Å². The van der Waals surface area contributed by atoms with Gasteiger partial charge in [-0.3, -0.25) is 14.4 Å². The van der Waals surface area contributed by atoms with Crippen molar-refractivity contribution < 1.29 is 33.4 Å². The summed E-state index contributed by atoms with van der Waals surface area (Å²) in [6, 6.07) is 2.15. The number of carbonyl (C=O) groups excluding carboxylic acids is 2. The van der Waals surface area contributed by atoms with E-state index in [9.17, 15) is 19.5 Å². The standard InChI is InChI=1S/C33H45FN2O6/c1-18(2)21-13-19-14-22(21)28(27(19)30(38)35-17-32(3)9-6-10-32)36-29(37)23-15-26(24(34)16-25(23)41-5)42-20-7-11-33(4,12-8-20)31(39)40/h15-16,19-20,22,27-28H,6-14,17H2,1-5H3,(H,35,38)(H,36,37)(H,39,40)/t19-,20?,22-,27+,28-,33?/m1/s1. The lowest BCUT2D eigenvalue weighted by Gasteiger charge is -2.39. The Hall–Kier alpha value is -3.10. The molecule has 0 unspecified atom stereocenters. The van der Waals surface area contributed by atoms with Crippen molar-refractivity contribution in [1.29, 1.82) is 0 Å². The lowest BCUT2D eigenvalue weighted by molar-refractivity contribution is -0.150. The number of amides is 2. The van der Waals surface area contributed by atoms with Gasteiger partial charge in [0, 0.05) is 24.6 Å². The molecular weight excluding hydrogens is 539 g/mol. The highest BCUT2D eigenvalue weighted by atomic mass is 19.1. The summed E-state index contributed by atoms with van der Waals surface area (Å²) < 4.78 is 26.4. The molecule has 4 fully saturated rings. The third kappa shape index (κ3) is 5.76. The summed E-state index contributed by atoms with van der Waals surface area (Å²) in [5.74, 6) is -2.00. The number of aliphatic carboxylic acids is 1. The van der Waals surface area contributed by atoms with E-state index in [4.69, 9.17) is 9.47 Å². The molecule has 0 saturated heterocycles. The number of methoxy groups -OCH3 is 1. The molecule has 0 aliphatic heterocycles. The first-order valence-electron chi connectivity index (χ1n) is 15.4. The smallest absolute Gasteiger partial charge is 0.309 e. The van der Waals surface area contributed by atoms with Gasteiger partial charge in [0.1, 0.15) is 5.75 Å². The van der Waals surface area contributed by atoms with Crippen LogP contribution in [-0.4, -0.2) is 48.7 Å². The summed E-state index contributed by atoms with van der Waals surface area (Å²) in [7, 11) is 1.38. The van der Waals surface area contributed by atoms with Crippen molar-refractivity contribution in [1.82, 2.24) is 10.6 Å². The summed E-state index contributed by atoms with van der Waals surface area (Å²) in [6.07, 6.45) is 6.59. The van der Waals surface area contributed by atoms with Gasteiger partial charge in [0.25, 0.3) is 5.91 Å². The monoisotopic (exact) mass is 584 g/mol. The van der Waals surface area contributed by atoms with Gasteiger partial charge < -0.3 is 25.2 Å². The third-order valence-corrected chi connectivity index (χ3v) is 10.7. The fourth-order valence-electron chi connectivity index (χ4n) is 7.62. The Balaban J connectivity index is 1.34. The van der Waals surface area contributed by atoms with E-state index in [0.29, 0.717) is 32.2 Å². The van der Waals surface area contributed by atoms with Gasteiger partial charge in [0.05, 0.1) is 30.1 Å². The second kappa shape index (κ2) is 11.5. The van der Waals surface area contributed by atoms with Crippen molar-refractivity contribution in [2.24, 2.45) is 28.6 Å². The van der Waals surface area contributed by atoms with Crippen LogP contribution in [-0.2, 0) is 9.59 Å². The number of fused-ring (bicyclic) bond motifs is 2. The second-order valence-corrected chi connectivity index (χ2v) is 13.9. The van der Waals surface area contributed by atoms with Gasteiger partial charge in [0.15, 0.2) is 11.6 Å². The van der Waals surface area contributed by atoms with Crippen LogP contribution in [0.3, 0.4) is 0 Å². The maximum absolute atomic E-state index is 15.1. The van der Waals surface area contributed by atoms with Crippen molar-refractivity contribution in [2.75, 3.05) is 13.7 Å². The predicted octanol–water partition coefficient (Wildman–Crippen LogP) is 5.64. The molecule has 0 heterocycles. The van der Waals surface area contributed by atoms with Crippen molar-refractivity contribution >= 4 is 17.8 Å². The number of carboxylic acids is 1. The van der Waals surface area contributed by atoms with Gasteiger partial charge in [0.2, 0.25) is 5.91 Å². The summed E-state index contributed by atoms with van der Waals surface area (Å²) in [5, 5.41) is 15.9. The molecule has 4 atom stereocenters. The number of benzene rings is 1. The highest BCUT2D eigenvalue weighted by molar-refractivity contribution is 5.98. The maximum atomic E-state index is 15.1. The number of halogens is 1. The Morgan fingerprint density at radius 1 is 1.07 bits per heavy atom. The van der Waals surface area contributed by atoms with Gasteiger partial charge in [-0.2, -0.15) is 0 Å². The molecule has 8 nitrogen and oxygen atoms in total. The van der Waals surface area contributed by atoms with Crippen LogP contribution in [0, 0.1) is 34.4 Å². The van der Waals surface area contributed by atoms with Crippen LogP contribution in [0.1, 0.15) is 95.8 Å². The Bertz CT molecular complexity index is 1280. The molecule has 3 N–H and O–H groups in total. The van der Waals surface area contributed by atoms with E-state index >= 15 is 4.39 Å². The molecule has 9 heteroatoms. The molecule has 0 spiro atoms. The number of ether oxygens (including phenoxy) is 2. The number of carbonyl (C=O) groups is 3. The van der Waals surface area contributed by atoms with E-state index in [0.717, 1.165) is 31.7 Å². The summed E-state index contributed by atoms with van der Waals surface area (Å²) in [5.41, 5.74) is 2.01. The Labute approximate surface area is 247 Å². The van der Waals surface area contributed by atoms with E-state index < -0.39 is 23.1 Å². The van der Waals surface area contributed by atoms with Crippen LogP contribution in [0.25, 0.3) is 0 Å². The van der Waals surface area contributed by atoms with Crippen LogP contribution in [0.15, 0.2) is 23.3 Å². The molecule has 4 aliphatic rings. The molecule has 42 heavy (non-hydrogen) atoms. The fraction of sp³-hybridized carbons (Fsp3) is 0.667. The highest BCUT2D eigenvalue weighted by Gasteiger charge is 2.54. The van der Waals surface area contributed by atoms with Crippen LogP contribution in [0.2, 0.25) is 0 Å². The Morgan fingerprint density at radius 3 is 2.33 bits per heavy atom. The second-order valence-electron chi connectivity index (χ2n) is 13.9. The average molecular weight is 585 g/mol. The third-order valence-electron chi connectivity index (χ3n) is 10.7. The number of rotatable bonds is 9. The van der Waals surface area contributed by atoms with Crippen molar-refractivity contribution in [3.8, 4) is 11.5 Å². The first kappa shape index (κ1) is 30.4. The van der Waals surface area contributed by atoms with Gasteiger partial charge in [-0.25, -0.2) is 4.39 Å². The van der Waals surface area contributed by atoms with Crippen molar-refractivity contribution in [3.63, 3.8) is 0 Å². The van der Waals surface area contributed by atoms with Crippen molar-refractivity contribution in [2.45, 2.75) is 97.6 Å². The summed E-state index contributed by atoms with van der Waals surface area (Å²) in [4.78, 5) is 39.0. The SMILES string of the molecule is COc1cc(F)c(OC2CCC(C)(C(=O)O)CC2)cc1C(=O)N[C@H]1[C@@H](C(=O)NCC2(C)CCC2)[C@@H]2CC(=C(C)C)[C@H]1C2. The lowest BCUT2D eigenvalue weighted by atomic mass is 9.70. The quantitative estimate of drug-likeness (QED) is 0.324. The molecule has 230 valence electrons. The molecule has 4 saturated carbocycles. The first-order chi connectivity index (χ1) is 19.8. The Morgan fingerprint density at radius 2 is 1.76 bits per heavy atom. The average Bonchev–Trinajstić information content (AvgIpc) is 3.52. The van der Waals surface area contributed by atoms with Crippen LogP contribution < -0.4 is 20.1 Å². The van der Waals surface area contributed by atoms with Gasteiger partial charge >= 0.3 is 5.97 Å². The lowest BCUT2D eigenvalue weighted by Crippen LogP contribution is -2.52. The van der Waals surface area contributed by atoms with Crippen LogP contribution in [0.5, 0.6) is 11.5 Å². The number of hydrogen-bond acceptors (Lipinski definition) is 5. The van der Waals surface area contributed by atoms with Crippen LogP contribution in [0.4, 0.5) is 4.39 Å². The molecular formula is C33H45FN2O6. The number of hydrogen-bond donors (Lipinski definition) is 3. The van der Waals surface area contributed by atoms with E-state index in [-0.39, 0.29) is 58.3 Å². The molecule has 2 amide bonds. The van der Waals surface area contributed by atoms with Gasteiger partial charge in [-0.1, -0.05) is 24.5 Å². The first-order valence-corrected chi connectivity index (χ1v) is 15.4. The maximum Gasteiger partial charge on any atom is 0.309 e. The van der Waals surface area contributed by atoms with Crippen molar-refractivity contribution in [3.05, 3.63) is 34.7 Å². The van der Waals surface area contributed by atoms with E-state index in [1.165, 1.54) is 30.7 Å². The molecule has 5 rings (SSSR count). The predicted molar refractivity (Wildman–Crippen MR) is 156 cm³/mol. The zero-order chi connectivity index (χ0) is 30.4. The molecule has 0 radical (unpaired) electrons. The minimum absolute atomic E-state index is 0.00511. The zero-order valence-electron chi connectivity index (χ0n) is 25.5. The highest BCUT2D eigenvalue weighted by Crippen LogP contribution is 2.53. The van der Waals surface area contributed by atoms with E-state index in [2.05, 4.69) is 31.4 Å². The molecule has 1 aromatic rings. The molecule has 4 aliphatic carbocycles. The minimum Gasteiger partial charge on any atom is -0.496 e. The molecule has 0 aromatic heterocycles. The number of nitrogens with one attached hydrogen (secondary N) is 2. The van der Waals surface area contributed by atoms with E-state index in [1.807, 2.05) is 0 Å².